The highest BCUT2D eigenvalue weighted by Gasteiger charge is 2.26. The first-order chi connectivity index (χ1) is 39.2. The summed E-state index contributed by atoms with van der Waals surface area (Å²) < 4.78 is 1.24. The van der Waals surface area contributed by atoms with Crippen LogP contribution in [0.3, 0.4) is 0 Å². The van der Waals surface area contributed by atoms with E-state index in [1.807, 2.05) is 6.07 Å². The van der Waals surface area contributed by atoms with Crippen molar-refractivity contribution >= 4 is 164 Å². The molecular formula is C76H49ClN2S. The van der Waals surface area contributed by atoms with Crippen molar-refractivity contribution in [1.82, 2.24) is 0 Å². The van der Waals surface area contributed by atoms with E-state index >= 15 is 0 Å². The maximum absolute atomic E-state index is 6.99. The van der Waals surface area contributed by atoms with E-state index in [2.05, 4.69) is 266 Å². The van der Waals surface area contributed by atoms with Gasteiger partial charge in [-0.2, -0.15) is 0 Å². The molecule has 0 atom stereocenters. The van der Waals surface area contributed by atoms with Crippen molar-refractivity contribution in [3.8, 4) is 22.3 Å². The molecule has 17 rings (SSSR count). The third kappa shape index (κ3) is 6.78. The molecule has 17 aromatic rings. The highest BCUT2D eigenvalue weighted by Crippen LogP contribution is 2.52. The zero-order valence-electron chi connectivity index (χ0n) is 44.3. The highest BCUT2D eigenvalue weighted by atomic mass is 35.5. The van der Waals surface area contributed by atoms with Gasteiger partial charge < -0.3 is 9.80 Å². The van der Waals surface area contributed by atoms with Crippen molar-refractivity contribution in [3.05, 3.63) is 253 Å². The Morgan fingerprint density at radius 1 is 0.325 bits per heavy atom. The molecule has 0 unspecified atom stereocenters. The number of hydrogen-bond donors (Lipinski definition) is 0. The van der Waals surface area contributed by atoms with Crippen molar-refractivity contribution in [1.29, 1.82) is 0 Å². The van der Waals surface area contributed by atoms with Crippen molar-refractivity contribution in [2.75, 3.05) is 9.80 Å². The summed E-state index contributed by atoms with van der Waals surface area (Å²) in [6.45, 7) is 6.86. The molecule has 1 heterocycles. The number of hydrogen-bond acceptors (Lipinski definition) is 3. The lowest BCUT2D eigenvalue weighted by molar-refractivity contribution is 0.590. The molecule has 0 N–H and O–H groups in total. The Labute approximate surface area is 471 Å². The van der Waals surface area contributed by atoms with E-state index in [0.29, 0.717) is 5.02 Å². The molecule has 0 fully saturated rings. The zero-order chi connectivity index (χ0) is 53.1. The number of nitrogens with zero attached hydrogens (tertiary/aromatic N) is 2. The minimum Gasteiger partial charge on any atom is -0.310 e. The topological polar surface area (TPSA) is 6.48 Å². The Hall–Kier alpha value is -9.25. The molecule has 1 aromatic heterocycles. The lowest BCUT2D eigenvalue weighted by Crippen LogP contribution is -2.15. The quantitative estimate of drug-likeness (QED) is 0.111. The minimum atomic E-state index is -0.0796. The monoisotopic (exact) mass is 1060 g/mol. The van der Waals surface area contributed by atoms with E-state index in [0.717, 1.165) is 45.3 Å². The largest absolute Gasteiger partial charge is 0.310 e. The summed E-state index contributed by atoms with van der Waals surface area (Å²) in [4.78, 5) is 4.90. The van der Waals surface area contributed by atoms with Gasteiger partial charge in [-0.15, -0.1) is 11.3 Å². The summed E-state index contributed by atoms with van der Waals surface area (Å²) in [6.07, 6.45) is 0. The maximum atomic E-state index is 6.99. The lowest BCUT2D eigenvalue weighted by atomic mass is 9.81. The molecule has 0 aliphatic carbocycles. The number of fused-ring (bicyclic) bond motifs is 1. The van der Waals surface area contributed by atoms with Gasteiger partial charge in [0.15, 0.2) is 0 Å². The van der Waals surface area contributed by atoms with E-state index in [9.17, 15) is 0 Å². The van der Waals surface area contributed by atoms with Gasteiger partial charge in [-0.3, -0.25) is 0 Å². The van der Waals surface area contributed by atoms with E-state index in [-0.39, 0.29) is 5.41 Å². The molecule has 0 saturated heterocycles. The van der Waals surface area contributed by atoms with Crippen LogP contribution in [-0.4, -0.2) is 0 Å². The van der Waals surface area contributed by atoms with E-state index < -0.39 is 0 Å². The summed E-state index contributed by atoms with van der Waals surface area (Å²) >= 11 is 8.78. The average molecular weight is 1060 g/mol. The third-order valence-corrected chi connectivity index (χ3v) is 18.6. The SMILES string of the molecule is CC(C)(C)c1cccc(N(c2cccc(Cl)c2)c2cc(-c3cccc(-c4cc5ccc6ccc7ccc8ccc9ccc4c4c9c8c7c6c54)c3)cc(N(c3cc4ccc5cccc6ccc(c3)c4c56)c3csc4ccccc34)c2)c1. The predicted octanol–water partition coefficient (Wildman–Crippen LogP) is 23.3. The number of benzene rings is 16. The fourth-order valence-electron chi connectivity index (χ4n) is 13.7. The van der Waals surface area contributed by atoms with Crippen molar-refractivity contribution < 1.29 is 0 Å². The fourth-order valence-corrected chi connectivity index (χ4v) is 14.8. The predicted molar refractivity (Wildman–Crippen MR) is 348 cm³/mol. The summed E-state index contributed by atoms with van der Waals surface area (Å²) in [5.74, 6) is 0. The van der Waals surface area contributed by atoms with Gasteiger partial charge in [-0.1, -0.05) is 190 Å². The Morgan fingerprint density at radius 2 is 0.825 bits per heavy atom. The lowest BCUT2D eigenvalue weighted by Gasteiger charge is -2.31. The number of anilines is 6. The van der Waals surface area contributed by atoms with Crippen LogP contribution in [0.1, 0.15) is 26.3 Å². The molecule has 376 valence electrons. The van der Waals surface area contributed by atoms with Gasteiger partial charge in [0.25, 0.3) is 0 Å². The van der Waals surface area contributed by atoms with Crippen LogP contribution in [-0.2, 0) is 5.41 Å². The van der Waals surface area contributed by atoms with Crippen LogP contribution in [0.15, 0.2) is 242 Å². The van der Waals surface area contributed by atoms with Crippen LogP contribution < -0.4 is 9.80 Å². The minimum absolute atomic E-state index is 0.0796. The van der Waals surface area contributed by atoms with Gasteiger partial charge in [0.1, 0.15) is 0 Å². The normalized spacial score (nSPS) is 12.5. The van der Waals surface area contributed by atoms with Gasteiger partial charge in [0.05, 0.1) is 5.69 Å². The molecule has 0 aliphatic heterocycles. The molecule has 0 amide bonds. The van der Waals surface area contributed by atoms with Crippen LogP contribution >= 0.6 is 22.9 Å². The second-order valence-corrected chi connectivity index (χ2v) is 24.4. The molecule has 80 heavy (non-hydrogen) atoms. The summed E-state index contributed by atoms with van der Waals surface area (Å²) in [7, 11) is 0. The van der Waals surface area contributed by atoms with Gasteiger partial charge in [-0.25, -0.2) is 0 Å². The molecule has 0 bridgehead atoms. The first kappa shape index (κ1) is 45.7. The Kier molecular flexibility index (Phi) is 9.65. The van der Waals surface area contributed by atoms with Gasteiger partial charge in [0.2, 0.25) is 0 Å². The zero-order valence-corrected chi connectivity index (χ0v) is 45.8. The van der Waals surface area contributed by atoms with Crippen LogP contribution in [0.2, 0.25) is 5.02 Å². The highest BCUT2D eigenvalue weighted by molar-refractivity contribution is 7.17. The first-order valence-electron chi connectivity index (χ1n) is 27.6. The van der Waals surface area contributed by atoms with Crippen molar-refractivity contribution in [3.63, 3.8) is 0 Å². The van der Waals surface area contributed by atoms with Gasteiger partial charge >= 0.3 is 0 Å². The number of rotatable bonds is 8. The molecule has 4 heteroatoms. The molecule has 0 aliphatic rings. The number of thiophene rings is 1. The maximum Gasteiger partial charge on any atom is 0.0647 e. The summed E-state index contributed by atoms with van der Waals surface area (Å²) in [5.41, 5.74) is 12.1. The second-order valence-electron chi connectivity index (χ2n) is 23.0. The summed E-state index contributed by atoms with van der Waals surface area (Å²) in [6, 6.07) is 88.9. The van der Waals surface area contributed by atoms with Crippen molar-refractivity contribution in [2.24, 2.45) is 0 Å². The molecule has 0 saturated carbocycles. The Morgan fingerprint density at radius 3 is 1.49 bits per heavy atom. The standard InChI is InChI=1S/C76H49ClN2S/c1-76(2,3)56-14-8-16-58(40-56)78(59-17-9-15-57(77)41-59)61-37-55(38-62(42-61)79(66-43-80-67-19-5-4-18-64(66)67)60-35-52-29-26-44-10-6-11-45-27-30-53(36-60)69(52)68(44)45)50-12-7-13-51(34-50)65-39-54-31-28-48-23-21-46-20-22-47-24-25-49-32-33-63(65)75-73(49)71(47)70(46)72(48)74(54)75/h4-43H,1-3H3. The van der Waals surface area contributed by atoms with Crippen LogP contribution in [0.5, 0.6) is 0 Å². The Balaban J connectivity index is 0.937. The van der Waals surface area contributed by atoms with E-state index in [1.165, 1.54) is 124 Å². The first-order valence-corrected chi connectivity index (χ1v) is 28.9. The van der Waals surface area contributed by atoms with Gasteiger partial charge in [-0.05, 0) is 209 Å². The van der Waals surface area contributed by atoms with Gasteiger partial charge in [0, 0.05) is 48.9 Å². The second kappa shape index (κ2) is 16.9. The van der Waals surface area contributed by atoms with Crippen LogP contribution in [0, 0.1) is 0 Å². The molecule has 16 aromatic carbocycles. The Bertz CT molecular complexity index is 5210. The smallest absolute Gasteiger partial charge is 0.0647 e. The number of halogens is 1. The molecule has 0 spiro atoms. The van der Waals surface area contributed by atoms with Crippen LogP contribution in [0.4, 0.5) is 34.1 Å². The molecule has 2 nitrogen and oxygen atoms in total. The fraction of sp³-hybridized carbons (Fsp3) is 0.0526. The van der Waals surface area contributed by atoms with Crippen LogP contribution in [0.25, 0.3) is 129 Å². The van der Waals surface area contributed by atoms with Crippen molar-refractivity contribution in [2.45, 2.75) is 26.2 Å². The van der Waals surface area contributed by atoms with E-state index in [4.69, 9.17) is 11.6 Å². The molecule has 0 radical (unpaired) electrons. The third-order valence-electron chi connectivity index (χ3n) is 17.4. The molecular weight excluding hydrogens is 1010 g/mol. The average Bonchev–Trinajstić information content (AvgIpc) is 2.58. The van der Waals surface area contributed by atoms with E-state index in [1.54, 1.807) is 11.3 Å². The summed E-state index contributed by atoms with van der Waals surface area (Å²) in [5, 5.41) is 27.7.